The highest BCUT2D eigenvalue weighted by atomic mass is 19.4. The number of alkyl halides is 3. The van der Waals surface area contributed by atoms with E-state index in [1.54, 1.807) is 30.3 Å². The first-order valence-corrected chi connectivity index (χ1v) is 7.12. The third-order valence-electron chi connectivity index (χ3n) is 3.37. The van der Waals surface area contributed by atoms with Gasteiger partial charge in [0.05, 0.1) is 6.54 Å². The topological polar surface area (TPSA) is 58.6 Å². The number of benzene rings is 2. The van der Waals surface area contributed by atoms with E-state index in [0.29, 0.717) is 5.75 Å². The van der Waals surface area contributed by atoms with Crippen LogP contribution in [0.25, 0.3) is 0 Å². The molecule has 0 aromatic heterocycles. The van der Waals surface area contributed by atoms with Crippen LogP contribution in [0.15, 0.2) is 60.7 Å². The summed E-state index contributed by atoms with van der Waals surface area (Å²) in [6, 6.07) is 15.0. The van der Waals surface area contributed by atoms with Crippen molar-refractivity contribution in [1.82, 2.24) is 5.32 Å². The van der Waals surface area contributed by atoms with E-state index in [1.165, 1.54) is 18.2 Å². The first kappa shape index (κ1) is 17.8. The Morgan fingerprint density at radius 3 is 2.08 bits per heavy atom. The van der Waals surface area contributed by atoms with Crippen LogP contribution in [0.2, 0.25) is 0 Å². The van der Waals surface area contributed by atoms with Gasteiger partial charge in [-0.25, -0.2) is 0 Å². The number of rotatable bonds is 6. The minimum Gasteiger partial charge on any atom is -0.484 e. The Hall–Kier alpha value is -2.54. The SMILES string of the molecule is O=C(COc1ccccc1)NC[C@@](O)(c1ccccc1)C(F)(F)F. The monoisotopic (exact) mass is 339 g/mol. The van der Waals surface area contributed by atoms with Gasteiger partial charge in [0.15, 0.2) is 6.61 Å². The van der Waals surface area contributed by atoms with E-state index >= 15 is 0 Å². The zero-order valence-corrected chi connectivity index (χ0v) is 12.6. The van der Waals surface area contributed by atoms with Gasteiger partial charge in [-0.3, -0.25) is 4.79 Å². The van der Waals surface area contributed by atoms with Crippen molar-refractivity contribution in [2.24, 2.45) is 0 Å². The average molecular weight is 339 g/mol. The van der Waals surface area contributed by atoms with Crippen LogP contribution in [-0.2, 0) is 10.4 Å². The molecule has 2 N–H and O–H groups in total. The molecule has 2 rings (SSSR count). The lowest BCUT2D eigenvalue weighted by molar-refractivity contribution is -0.264. The molecule has 0 bridgehead atoms. The van der Waals surface area contributed by atoms with Crippen LogP contribution >= 0.6 is 0 Å². The minimum atomic E-state index is -4.94. The molecule has 4 nitrogen and oxygen atoms in total. The van der Waals surface area contributed by atoms with Crippen LogP contribution in [-0.4, -0.2) is 30.3 Å². The van der Waals surface area contributed by atoms with Crippen molar-refractivity contribution < 1.29 is 27.8 Å². The van der Waals surface area contributed by atoms with E-state index < -0.39 is 30.8 Å². The number of para-hydroxylation sites is 1. The van der Waals surface area contributed by atoms with Gasteiger partial charge in [-0.15, -0.1) is 0 Å². The minimum absolute atomic E-state index is 0.346. The van der Waals surface area contributed by atoms with Crippen LogP contribution in [0.1, 0.15) is 5.56 Å². The number of amides is 1. The summed E-state index contributed by atoms with van der Waals surface area (Å²) in [6.07, 6.45) is -4.94. The average Bonchev–Trinajstić information content (AvgIpc) is 2.58. The molecule has 0 aliphatic carbocycles. The van der Waals surface area contributed by atoms with E-state index in [0.717, 1.165) is 12.1 Å². The number of ether oxygens (including phenoxy) is 1. The van der Waals surface area contributed by atoms with Crippen molar-refractivity contribution in [2.45, 2.75) is 11.8 Å². The summed E-state index contributed by atoms with van der Waals surface area (Å²) in [7, 11) is 0. The maximum absolute atomic E-state index is 13.3. The number of hydrogen-bond donors (Lipinski definition) is 2. The maximum atomic E-state index is 13.3. The highest BCUT2D eigenvalue weighted by Crippen LogP contribution is 2.38. The number of aliphatic hydroxyl groups is 1. The molecular weight excluding hydrogens is 323 g/mol. The van der Waals surface area contributed by atoms with Crippen LogP contribution in [0, 0.1) is 0 Å². The van der Waals surface area contributed by atoms with Gasteiger partial charge in [0.25, 0.3) is 5.91 Å². The largest absolute Gasteiger partial charge is 0.484 e. The number of carbonyl (C=O) groups is 1. The van der Waals surface area contributed by atoms with Crippen molar-refractivity contribution in [3.63, 3.8) is 0 Å². The molecule has 0 radical (unpaired) electrons. The lowest BCUT2D eigenvalue weighted by atomic mass is 9.93. The van der Waals surface area contributed by atoms with E-state index in [-0.39, 0.29) is 5.56 Å². The molecule has 7 heteroatoms. The molecule has 0 fully saturated rings. The van der Waals surface area contributed by atoms with E-state index in [2.05, 4.69) is 5.32 Å². The molecule has 1 amide bonds. The predicted molar refractivity (Wildman–Crippen MR) is 81.3 cm³/mol. The second-order valence-corrected chi connectivity index (χ2v) is 5.10. The Morgan fingerprint density at radius 1 is 1.00 bits per heavy atom. The molecule has 2 aromatic carbocycles. The highest BCUT2D eigenvalue weighted by molar-refractivity contribution is 5.77. The van der Waals surface area contributed by atoms with Gasteiger partial charge in [-0.2, -0.15) is 13.2 Å². The number of nitrogens with one attached hydrogen (secondary N) is 1. The van der Waals surface area contributed by atoms with Crippen LogP contribution in [0.3, 0.4) is 0 Å². The van der Waals surface area contributed by atoms with Gasteiger partial charge in [-0.1, -0.05) is 48.5 Å². The molecule has 128 valence electrons. The zero-order chi connectivity index (χ0) is 17.6. The predicted octanol–water partition coefficient (Wildman–Crippen LogP) is 2.63. The summed E-state index contributed by atoms with van der Waals surface area (Å²) in [5, 5.41) is 12.1. The van der Waals surface area contributed by atoms with Crippen molar-refractivity contribution in [3.05, 3.63) is 66.2 Å². The summed E-state index contributed by atoms with van der Waals surface area (Å²) < 4.78 is 44.9. The smallest absolute Gasteiger partial charge is 0.423 e. The van der Waals surface area contributed by atoms with Crippen LogP contribution < -0.4 is 10.1 Å². The summed E-state index contributed by atoms with van der Waals surface area (Å²) in [5.74, 6) is -0.348. The fraction of sp³-hybridized carbons (Fsp3) is 0.235. The lowest BCUT2D eigenvalue weighted by Crippen LogP contribution is -2.51. The fourth-order valence-corrected chi connectivity index (χ4v) is 2.02. The number of halogens is 3. The van der Waals surface area contributed by atoms with E-state index in [1.807, 2.05) is 0 Å². The molecule has 0 unspecified atom stereocenters. The Balaban J connectivity index is 1.99. The Labute approximate surface area is 136 Å². The second kappa shape index (κ2) is 7.35. The van der Waals surface area contributed by atoms with Gasteiger partial charge in [0.2, 0.25) is 5.60 Å². The molecule has 0 saturated carbocycles. The first-order valence-electron chi connectivity index (χ1n) is 7.12. The van der Waals surface area contributed by atoms with Gasteiger partial charge in [0.1, 0.15) is 5.75 Å². The highest BCUT2D eigenvalue weighted by Gasteiger charge is 2.55. The number of carbonyl (C=O) groups excluding carboxylic acids is 1. The Bertz CT molecular complexity index is 662. The molecule has 2 aromatic rings. The van der Waals surface area contributed by atoms with Crippen LogP contribution in [0.4, 0.5) is 13.2 Å². The Morgan fingerprint density at radius 2 is 1.54 bits per heavy atom. The van der Waals surface area contributed by atoms with Crippen LogP contribution in [0.5, 0.6) is 5.75 Å². The second-order valence-electron chi connectivity index (χ2n) is 5.10. The normalized spacial score (nSPS) is 13.8. The number of hydrogen-bond acceptors (Lipinski definition) is 3. The standard InChI is InChI=1S/C17H16F3NO3/c18-17(19,20)16(23,13-7-3-1-4-8-13)12-21-15(22)11-24-14-9-5-2-6-10-14/h1-10,23H,11-12H2,(H,21,22)/t16-/m1/s1. The fourth-order valence-electron chi connectivity index (χ4n) is 2.02. The molecule has 0 aliphatic heterocycles. The summed E-state index contributed by atoms with van der Waals surface area (Å²) >= 11 is 0. The third-order valence-corrected chi connectivity index (χ3v) is 3.37. The molecule has 0 saturated heterocycles. The van der Waals surface area contributed by atoms with Gasteiger partial charge < -0.3 is 15.2 Å². The van der Waals surface area contributed by atoms with Gasteiger partial charge >= 0.3 is 6.18 Å². The summed E-state index contributed by atoms with van der Waals surface area (Å²) in [6.45, 7) is -1.45. The molecular formula is C17H16F3NO3. The molecule has 0 aliphatic rings. The first-order chi connectivity index (χ1) is 11.3. The maximum Gasteiger partial charge on any atom is 0.423 e. The molecule has 0 spiro atoms. The van der Waals surface area contributed by atoms with Gasteiger partial charge in [-0.05, 0) is 17.7 Å². The summed E-state index contributed by atoms with van der Waals surface area (Å²) in [5.41, 5.74) is -3.52. The van der Waals surface area contributed by atoms with Crippen molar-refractivity contribution in [1.29, 1.82) is 0 Å². The van der Waals surface area contributed by atoms with Crippen molar-refractivity contribution in [3.8, 4) is 5.75 Å². The van der Waals surface area contributed by atoms with Crippen molar-refractivity contribution in [2.75, 3.05) is 13.2 Å². The molecule has 1 atom stereocenters. The molecule has 24 heavy (non-hydrogen) atoms. The summed E-state index contributed by atoms with van der Waals surface area (Å²) in [4.78, 5) is 11.7. The quantitative estimate of drug-likeness (QED) is 0.851. The Kier molecular flexibility index (Phi) is 5.46. The van der Waals surface area contributed by atoms with E-state index in [9.17, 15) is 23.1 Å². The lowest BCUT2D eigenvalue weighted by Gasteiger charge is -2.31. The zero-order valence-electron chi connectivity index (χ0n) is 12.6. The molecule has 0 heterocycles. The van der Waals surface area contributed by atoms with Crippen molar-refractivity contribution >= 4 is 5.91 Å². The van der Waals surface area contributed by atoms with Gasteiger partial charge in [0, 0.05) is 0 Å². The van der Waals surface area contributed by atoms with E-state index in [4.69, 9.17) is 4.74 Å². The third kappa shape index (κ3) is 4.26.